The maximum absolute atomic E-state index is 12.2. The van der Waals surface area contributed by atoms with Crippen LogP contribution in [0.3, 0.4) is 0 Å². The van der Waals surface area contributed by atoms with Crippen LogP contribution in [0.5, 0.6) is 0 Å². The van der Waals surface area contributed by atoms with Crippen molar-refractivity contribution in [3.8, 4) is 0 Å². The zero-order chi connectivity index (χ0) is 17.3. The Morgan fingerprint density at radius 3 is 2.83 bits per heavy atom. The predicted molar refractivity (Wildman–Crippen MR) is 92.3 cm³/mol. The van der Waals surface area contributed by atoms with Crippen molar-refractivity contribution in [1.29, 1.82) is 0 Å². The van der Waals surface area contributed by atoms with Gasteiger partial charge in [0.15, 0.2) is 0 Å². The Hall–Kier alpha value is -2.34. The van der Waals surface area contributed by atoms with Gasteiger partial charge in [-0.05, 0) is 50.7 Å². The normalized spacial score (nSPS) is 18.7. The fourth-order valence-corrected chi connectivity index (χ4v) is 3.27. The average Bonchev–Trinajstić information content (AvgIpc) is 3.11. The van der Waals surface area contributed by atoms with E-state index in [1.165, 1.54) is 5.56 Å². The highest BCUT2D eigenvalue weighted by molar-refractivity contribution is 5.89. The second kappa shape index (κ2) is 6.65. The number of likely N-dealkylation sites (N-methyl/N-ethyl adjacent to an activating group) is 1. The van der Waals surface area contributed by atoms with E-state index < -0.39 is 12.0 Å². The third-order valence-electron chi connectivity index (χ3n) is 4.52. The van der Waals surface area contributed by atoms with Gasteiger partial charge in [-0.3, -0.25) is 4.79 Å². The molecule has 128 valence electrons. The molecule has 1 fully saturated rings. The van der Waals surface area contributed by atoms with Crippen molar-refractivity contribution in [3.63, 3.8) is 0 Å². The number of nitrogens with one attached hydrogen (secondary N) is 2. The van der Waals surface area contributed by atoms with Crippen LogP contribution in [-0.2, 0) is 16.0 Å². The van der Waals surface area contributed by atoms with Gasteiger partial charge in [-0.2, -0.15) is 0 Å². The Labute approximate surface area is 141 Å². The van der Waals surface area contributed by atoms with Crippen LogP contribution in [-0.4, -0.2) is 55.0 Å². The third kappa shape index (κ3) is 3.28. The Bertz CT molecular complexity index is 766. The molecular formula is C18H23N3O3. The number of benzene rings is 1. The number of cyclic esters (lactones) is 1. The SMILES string of the molecule is CC(=O)C(c1ccc2[nH]cc(CCN(C)C)c2c1)C1COC(=O)N1. The van der Waals surface area contributed by atoms with Crippen molar-refractivity contribution in [3.05, 3.63) is 35.5 Å². The molecule has 2 atom stereocenters. The summed E-state index contributed by atoms with van der Waals surface area (Å²) < 4.78 is 4.97. The van der Waals surface area contributed by atoms with Gasteiger partial charge >= 0.3 is 6.09 Å². The minimum Gasteiger partial charge on any atom is -0.447 e. The van der Waals surface area contributed by atoms with Crippen LogP contribution in [0, 0.1) is 0 Å². The number of rotatable bonds is 6. The monoisotopic (exact) mass is 329 g/mol. The van der Waals surface area contributed by atoms with Crippen LogP contribution in [0.2, 0.25) is 0 Å². The van der Waals surface area contributed by atoms with Crippen molar-refractivity contribution in [2.75, 3.05) is 27.2 Å². The standard InChI is InChI=1S/C18H23N3O3/c1-11(22)17(16-10-24-18(23)20-16)12-4-5-15-14(8-12)13(9-19-15)6-7-21(2)3/h4-5,8-9,16-17,19H,6-7,10H2,1-3H3,(H,20,23). The number of alkyl carbamates (subject to hydrolysis) is 1. The van der Waals surface area contributed by atoms with Crippen LogP contribution in [0.4, 0.5) is 4.79 Å². The molecule has 0 aliphatic carbocycles. The Morgan fingerprint density at radius 2 is 2.21 bits per heavy atom. The highest BCUT2D eigenvalue weighted by Gasteiger charge is 2.34. The maximum Gasteiger partial charge on any atom is 0.407 e. The predicted octanol–water partition coefficient (Wildman–Crippen LogP) is 2.05. The number of carbonyl (C=O) groups is 2. The molecule has 1 aromatic carbocycles. The number of fused-ring (bicyclic) bond motifs is 1. The van der Waals surface area contributed by atoms with Gasteiger partial charge in [-0.25, -0.2) is 4.79 Å². The van der Waals surface area contributed by atoms with Gasteiger partial charge in [0.1, 0.15) is 12.4 Å². The second-order valence-corrected chi connectivity index (χ2v) is 6.61. The first-order valence-electron chi connectivity index (χ1n) is 8.14. The van der Waals surface area contributed by atoms with Gasteiger partial charge in [0.2, 0.25) is 0 Å². The molecular weight excluding hydrogens is 306 g/mol. The van der Waals surface area contributed by atoms with Gasteiger partial charge in [0, 0.05) is 23.6 Å². The molecule has 0 radical (unpaired) electrons. The molecule has 0 saturated carbocycles. The quantitative estimate of drug-likeness (QED) is 0.851. The summed E-state index contributed by atoms with van der Waals surface area (Å²) in [5.41, 5.74) is 3.20. The van der Waals surface area contributed by atoms with E-state index in [9.17, 15) is 9.59 Å². The number of hydrogen-bond acceptors (Lipinski definition) is 4. The lowest BCUT2D eigenvalue weighted by atomic mass is 9.88. The Balaban J connectivity index is 1.93. The fraction of sp³-hybridized carbons (Fsp3) is 0.444. The largest absolute Gasteiger partial charge is 0.447 e. The number of hydrogen-bond donors (Lipinski definition) is 2. The Kier molecular flexibility index (Phi) is 4.57. The average molecular weight is 329 g/mol. The lowest BCUT2D eigenvalue weighted by Crippen LogP contribution is -2.36. The summed E-state index contributed by atoms with van der Waals surface area (Å²) in [6.07, 6.45) is 2.51. The lowest BCUT2D eigenvalue weighted by molar-refractivity contribution is -0.119. The molecule has 1 aliphatic rings. The topological polar surface area (TPSA) is 74.4 Å². The van der Waals surface area contributed by atoms with Gasteiger partial charge in [-0.15, -0.1) is 0 Å². The van der Waals surface area contributed by atoms with Gasteiger partial charge in [-0.1, -0.05) is 6.07 Å². The molecule has 2 aromatic rings. The highest BCUT2D eigenvalue weighted by atomic mass is 16.6. The first-order chi connectivity index (χ1) is 11.5. The molecule has 3 rings (SSSR count). The molecule has 1 aliphatic heterocycles. The minimum atomic E-state index is -0.458. The van der Waals surface area contributed by atoms with E-state index in [0.717, 1.165) is 29.4 Å². The summed E-state index contributed by atoms with van der Waals surface area (Å²) in [6.45, 7) is 2.74. The molecule has 1 aromatic heterocycles. The molecule has 1 amide bonds. The van der Waals surface area contributed by atoms with Gasteiger partial charge < -0.3 is 19.9 Å². The van der Waals surface area contributed by atoms with E-state index in [1.54, 1.807) is 6.92 Å². The van der Waals surface area contributed by atoms with E-state index in [-0.39, 0.29) is 18.4 Å². The zero-order valence-corrected chi connectivity index (χ0v) is 14.3. The maximum atomic E-state index is 12.2. The molecule has 2 heterocycles. The van der Waals surface area contributed by atoms with Crippen molar-refractivity contribution >= 4 is 22.8 Å². The smallest absolute Gasteiger partial charge is 0.407 e. The number of amides is 1. The molecule has 2 N–H and O–H groups in total. The molecule has 0 bridgehead atoms. The van der Waals surface area contributed by atoms with E-state index in [1.807, 2.05) is 18.3 Å². The van der Waals surface area contributed by atoms with Crippen LogP contribution >= 0.6 is 0 Å². The van der Waals surface area contributed by atoms with Crippen LogP contribution in [0.15, 0.2) is 24.4 Å². The van der Waals surface area contributed by atoms with E-state index >= 15 is 0 Å². The number of aromatic amines is 1. The van der Waals surface area contributed by atoms with Crippen LogP contribution in [0.25, 0.3) is 10.9 Å². The number of H-pyrrole nitrogens is 1. The summed E-state index contributed by atoms with van der Waals surface area (Å²) in [7, 11) is 4.10. The lowest BCUT2D eigenvalue weighted by Gasteiger charge is -2.19. The molecule has 24 heavy (non-hydrogen) atoms. The van der Waals surface area contributed by atoms with Crippen molar-refractivity contribution in [1.82, 2.24) is 15.2 Å². The summed E-state index contributed by atoms with van der Waals surface area (Å²) in [4.78, 5) is 29.0. The summed E-state index contributed by atoms with van der Waals surface area (Å²) in [5.74, 6) is -0.368. The van der Waals surface area contributed by atoms with Crippen molar-refractivity contribution < 1.29 is 14.3 Å². The van der Waals surface area contributed by atoms with Gasteiger partial charge in [0.25, 0.3) is 0 Å². The first kappa shape index (κ1) is 16.5. The molecule has 6 nitrogen and oxygen atoms in total. The molecule has 2 unspecified atom stereocenters. The van der Waals surface area contributed by atoms with Gasteiger partial charge in [0.05, 0.1) is 12.0 Å². The Morgan fingerprint density at radius 1 is 1.42 bits per heavy atom. The molecule has 0 spiro atoms. The number of ether oxygens (including phenoxy) is 1. The molecule has 1 saturated heterocycles. The molecule has 6 heteroatoms. The minimum absolute atomic E-state index is 0.0236. The van der Waals surface area contributed by atoms with E-state index in [2.05, 4.69) is 35.4 Å². The number of aromatic nitrogens is 1. The van der Waals surface area contributed by atoms with Crippen molar-refractivity contribution in [2.45, 2.75) is 25.3 Å². The van der Waals surface area contributed by atoms with E-state index in [4.69, 9.17) is 4.74 Å². The van der Waals surface area contributed by atoms with E-state index in [0.29, 0.717) is 0 Å². The summed E-state index contributed by atoms with van der Waals surface area (Å²) in [6, 6.07) is 5.70. The number of carbonyl (C=O) groups excluding carboxylic acids is 2. The number of ketones is 1. The zero-order valence-electron chi connectivity index (χ0n) is 14.3. The number of nitrogens with zero attached hydrogens (tertiary/aromatic N) is 1. The third-order valence-corrected chi connectivity index (χ3v) is 4.52. The second-order valence-electron chi connectivity index (χ2n) is 6.61. The fourth-order valence-electron chi connectivity index (χ4n) is 3.27. The van der Waals surface area contributed by atoms with Crippen LogP contribution < -0.4 is 5.32 Å². The van der Waals surface area contributed by atoms with Crippen molar-refractivity contribution in [2.24, 2.45) is 0 Å². The highest BCUT2D eigenvalue weighted by Crippen LogP contribution is 2.28. The number of Topliss-reactive ketones (excluding diaryl/α,β-unsaturated/α-hetero) is 1. The van der Waals surface area contributed by atoms with Crippen LogP contribution in [0.1, 0.15) is 24.0 Å². The summed E-state index contributed by atoms with van der Waals surface area (Å²) in [5, 5.41) is 3.86. The summed E-state index contributed by atoms with van der Waals surface area (Å²) >= 11 is 0. The first-order valence-corrected chi connectivity index (χ1v) is 8.14.